The molecule has 3 nitrogen and oxygen atoms in total. The molecule has 2 heterocycles. The molecule has 2 atom stereocenters. The van der Waals surface area contributed by atoms with Crippen LogP contribution in [0.15, 0.2) is 48.4 Å². The van der Waals surface area contributed by atoms with Crippen LogP contribution in [0.4, 0.5) is 4.39 Å². The summed E-state index contributed by atoms with van der Waals surface area (Å²) in [5.41, 5.74) is 9.38. The highest BCUT2D eigenvalue weighted by Crippen LogP contribution is 2.40. The van der Waals surface area contributed by atoms with Gasteiger partial charge in [0.05, 0.1) is 0 Å². The molecule has 2 aromatic heterocycles. The maximum Gasteiger partial charge on any atom is 0.168 e. The van der Waals surface area contributed by atoms with E-state index in [1.54, 1.807) is 12.4 Å². The third-order valence-corrected chi connectivity index (χ3v) is 7.76. The van der Waals surface area contributed by atoms with E-state index in [0.29, 0.717) is 11.8 Å². The normalized spacial score (nSPS) is 16.3. The van der Waals surface area contributed by atoms with Crippen molar-refractivity contribution in [2.75, 3.05) is 0 Å². The Hall–Kier alpha value is -2.75. The average Bonchev–Trinajstić information content (AvgIpc) is 3.48. The van der Waals surface area contributed by atoms with E-state index in [2.05, 4.69) is 80.6 Å². The summed E-state index contributed by atoms with van der Waals surface area (Å²) in [6, 6.07) is 5.96. The maximum atomic E-state index is 14.5. The summed E-state index contributed by atoms with van der Waals surface area (Å²) in [4.78, 5) is 0. The number of hydrogen-bond acceptors (Lipinski definition) is 2. The van der Waals surface area contributed by atoms with Crippen molar-refractivity contribution < 1.29 is 4.39 Å². The Morgan fingerprint density at radius 1 is 1.19 bits per heavy atom. The molecule has 3 aromatic rings. The first-order valence-electron chi connectivity index (χ1n) is 13.8. The highest BCUT2D eigenvalue weighted by molar-refractivity contribution is 5.83. The van der Waals surface area contributed by atoms with Gasteiger partial charge in [0, 0.05) is 11.8 Å². The van der Waals surface area contributed by atoms with E-state index in [1.807, 2.05) is 6.07 Å². The Morgan fingerprint density at radius 2 is 2.00 bits per heavy atom. The molecule has 4 heteroatoms. The van der Waals surface area contributed by atoms with Crippen molar-refractivity contribution in [1.82, 2.24) is 14.6 Å². The molecule has 0 amide bonds. The van der Waals surface area contributed by atoms with Crippen molar-refractivity contribution in [3.63, 3.8) is 0 Å². The largest absolute Gasteiger partial charge is 0.288 e. The Morgan fingerprint density at radius 3 is 2.72 bits per heavy atom. The van der Waals surface area contributed by atoms with Crippen LogP contribution in [0.5, 0.6) is 0 Å². The fourth-order valence-corrected chi connectivity index (χ4v) is 5.69. The maximum absolute atomic E-state index is 14.5. The molecule has 0 N–H and O–H groups in total. The number of fused-ring (bicyclic) bond motifs is 2. The summed E-state index contributed by atoms with van der Waals surface area (Å²) in [5.74, 6) is 1.65. The third kappa shape index (κ3) is 5.79. The van der Waals surface area contributed by atoms with Crippen molar-refractivity contribution in [3.8, 4) is 0 Å². The molecule has 192 valence electrons. The zero-order chi connectivity index (χ0) is 25.8. The lowest BCUT2D eigenvalue weighted by Crippen LogP contribution is -2.04. The second-order valence-electron chi connectivity index (χ2n) is 11.3. The van der Waals surface area contributed by atoms with Gasteiger partial charge in [-0.3, -0.25) is 4.40 Å². The minimum Gasteiger partial charge on any atom is -0.288 e. The van der Waals surface area contributed by atoms with Crippen molar-refractivity contribution in [2.24, 2.45) is 11.8 Å². The van der Waals surface area contributed by atoms with Crippen LogP contribution in [0.2, 0.25) is 0 Å². The van der Waals surface area contributed by atoms with E-state index in [9.17, 15) is 4.39 Å². The van der Waals surface area contributed by atoms with Gasteiger partial charge in [-0.05, 0) is 110 Å². The van der Waals surface area contributed by atoms with E-state index < -0.39 is 0 Å². The summed E-state index contributed by atoms with van der Waals surface area (Å²) in [6.07, 6.45) is 16.0. The van der Waals surface area contributed by atoms with Crippen molar-refractivity contribution in [3.05, 3.63) is 82.1 Å². The summed E-state index contributed by atoms with van der Waals surface area (Å²) < 4.78 is 16.6. The predicted octanol–water partition coefficient (Wildman–Crippen LogP) is 8.52. The number of aromatic nitrogens is 3. The van der Waals surface area contributed by atoms with E-state index >= 15 is 0 Å². The average molecular weight is 488 g/mol. The van der Waals surface area contributed by atoms with E-state index in [0.717, 1.165) is 54.8 Å². The number of rotatable bonds is 10. The molecule has 1 aliphatic rings. The molecule has 0 aliphatic heterocycles. The first kappa shape index (κ1) is 26.3. The standard InChI is InChI=1S/C32H42FN3/c1-7-27-30(33)17-15-26-14-13-25(31(26)27)12-11-24-18-29(32-35-34-20-36(32)19-24)28(22(4)5)16-10-23(6)9-8-21(2)3/h10,15-21,23,25H,7-9,11-14H2,1-6H3/b16-10-. The van der Waals surface area contributed by atoms with Crippen LogP contribution in [-0.2, 0) is 19.3 Å². The molecular formula is C32H42FN3. The smallest absolute Gasteiger partial charge is 0.168 e. The van der Waals surface area contributed by atoms with Gasteiger partial charge >= 0.3 is 0 Å². The lowest BCUT2D eigenvalue weighted by molar-refractivity contribution is 0.502. The van der Waals surface area contributed by atoms with Gasteiger partial charge in [-0.2, -0.15) is 0 Å². The van der Waals surface area contributed by atoms with Crippen LogP contribution < -0.4 is 0 Å². The van der Waals surface area contributed by atoms with Crippen LogP contribution in [0.3, 0.4) is 0 Å². The fourth-order valence-electron chi connectivity index (χ4n) is 5.69. The highest BCUT2D eigenvalue weighted by atomic mass is 19.1. The number of halogens is 1. The van der Waals surface area contributed by atoms with Crippen LogP contribution in [0.25, 0.3) is 11.2 Å². The first-order chi connectivity index (χ1) is 17.3. The van der Waals surface area contributed by atoms with Gasteiger partial charge in [0.15, 0.2) is 5.65 Å². The minimum absolute atomic E-state index is 0.0426. The second-order valence-corrected chi connectivity index (χ2v) is 11.3. The molecular weight excluding hydrogens is 445 g/mol. The molecule has 36 heavy (non-hydrogen) atoms. The predicted molar refractivity (Wildman–Crippen MR) is 149 cm³/mol. The monoisotopic (exact) mass is 487 g/mol. The van der Waals surface area contributed by atoms with Crippen LogP contribution in [0.1, 0.15) is 101 Å². The molecule has 0 saturated carbocycles. The number of aryl methyl sites for hydroxylation is 2. The number of allylic oxidation sites excluding steroid dienone is 4. The van der Waals surface area contributed by atoms with E-state index in [4.69, 9.17) is 0 Å². The zero-order valence-electron chi connectivity index (χ0n) is 22.9. The van der Waals surface area contributed by atoms with E-state index in [1.165, 1.54) is 40.7 Å². The Labute approximate surface area is 216 Å². The number of hydrogen-bond donors (Lipinski definition) is 0. The Kier molecular flexibility index (Phi) is 8.43. The molecule has 0 fully saturated rings. The topological polar surface area (TPSA) is 30.2 Å². The Bertz CT molecular complexity index is 1260. The highest BCUT2D eigenvalue weighted by Gasteiger charge is 2.26. The molecule has 0 spiro atoms. The molecule has 2 unspecified atom stereocenters. The van der Waals surface area contributed by atoms with Crippen LogP contribution in [-0.4, -0.2) is 14.6 Å². The van der Waals surface area contributed by atoms with Crippen molar-refractivity contribution in [2.45, 2.75) is 92.4 Å². The number of nitrogens with zero attached hydrogens (tertiary/aromatic N) is 3. The second kappa shape index (κ2) is 11.5. The minimum atomic E-state index is -0.0426. The lowest BCUT2D eigenvalue weighted by Gasteiger charge is -2.17. The molecule has 1 aliphatic carbocycles. The van der Waals surface area contributed by atoms with Crippen molar-refractivity contribution in [1.29, 1.82) is 0 Å². The number of pyridine rings is 1. The lowest BCUT2D eigenvalue weighted by atomic mass is 9.89. The SMILES string of the molecule is CCc1c(F)ccc2c1C(CCc1cc(C(/C=C\C(C)CCC(C)C)=C(C)C)c3nncn3c1)CC2. The first-order valence-corrected chi connectivity index (χ1v) is 13.8. The van der Waals surface area contributed by atoms with Crippen molar-refractivity contribution >= 4 is 11.2 Å². The Balaban J connectivity index is 1.59. The number of benzene rings is 1. The van der Waals surface area contributed by atoms with E-state index in [-0.39, 0.29) is 5.82 Å². The van der Waals surface area contributed by atoms with Gasteiger partial charge in [0.1, 0.15) is 12.1 Å². The molecule has 0 radical (unpaired) electrons. The van der Waals surface area contributed by atoms with Gasteiger partial charge in [-0.1, -0.05) is 57.9 Å². The molecule has 0 bridgehead atoms. The van der Waals surface area contributed by atoms with Gasteiger partial charge < -0.3 is 0 Å². The molecule has 0 saturated heterocycles. The zero-order valence-corrected chi connectivity index (χ0v) is 22.9. The quantitative estimate of drug-likeness (QED) is 0.268. The summed E-state index contributed by atoms with van der Waals surface area (Å²) in [7, 11) is 0. The summed E-state index contributed by atoms with van der Waals surface area (Å²) in [6.45, 7) is 13.3. The summed E-state index contributed by atoms with van der Waals surface area (Å²) in [5, 5.41) is 8.67. The third-order valence-electron chi connectivity index (χ3n) is 7.76. The van der Waals surface area contributed by atoms with Crippen LogP contribution >= 0.6 is 0 Å². The van der Waals surface area contributed by atoms with Crippen LogP contribution in [0, 0.1) is 17.7 Å². The van der Waals surface area contributed by atoms with Gasteiger partial charge in [-0.25, -0.2) is 4.39 Å². The fraction of sp³-hybridized carbons (Fsp3) is 0.500. The van der Waals surface area contributed by atoms with Gasteiger partial charge in [-0.15, -0.1) is 10.2 Å². The van der Waals surface area contributed by atoms with Gasteiger partial charge in [0.25, 0.3) is 0 Å². The summed E-state index contributed by atoms with van der Waals surface area (Å²) >= 11 is 0. The molecule has 4 rings (SSSR count). The molecule has 1 aromatic carbocycles. The van der Waals surface area contributed by atoms with Gasteiger partial charge in [0.2, 0.25) is 0 Å².